The number of benzene rings is 2. The highest BCUT2D eigenvalue weighted by Gasteiger charge is 2.16. The van der Waals surface area contributed by atoms with E-state index >= 15 is 0 Å². The molecule has 4 nitrogen and oxygen atoms in total. The van der Waals surface area contributed by atoms with E-state index < -0.39 is 5.63 Å². The van der Waals surface area contributed by atoms with Crippen molar-refractivity contribution >= 4 is 21.7 Å². The van der Waals surface area contributed by atoms with Gasteiger partial charge in [0.2, 0.25) is 0 Å². The first kappa shape index (κ1) is 13.5. The second-order valence-electron chi connectivity index (χ2n) is 5.33. The molecular formula is C17H16O4. The van der Waals surface area contributed by atoms with Crippen molar-refractivity contribution in [3.8, 4) is 11.5 Å². The lowest BCUT2D eigenvalue weighted by molar-refractivity contribution is 0.415. The molecule has 0 fully saturated rings. The molecule has 21 heavy (non-hydrogen) atoms. The normalized spacial score (nSPS) is 11.4. The Labute approximate surface area is 121 Å². The molecule has 0 atom stereocenters. The summed E-state index contributed by atoms with van der Waals surface area (Å²) in [7, 11) is 1.55. The van der Waals surface area contributed by atoms with Gasteiger partial charge in [-0.25, -0.2) is 4.79 Å². The third-order valence-electron chi connectivity index (χ3n) is 3.68. The van der Waals surface area contributed by atoms with E-state index in [9.17, 15) is 9.90 Å². The predicted octanol–water partition coefficient (Wildman–Crippen LogP) is 3.78. The summed E-state index contributed by atoms with van der Waals surface area (Å²) in [6, 6.07) is 8.73. The van der Waals surface area contributed by atoms with Crippen molar-refractivity contribution in [2.75, 3.05) is 7.11 Å². The van der Waals surface area contributed by atoms with Crippen molar-refractivity contribution in [2.24, 2.45) is 0 Å². The van der Waals surface area contributed by atoms with E-state index in [1.54, 1.807) is 25.3 Å². The van der Waals surface area contributed by atoms with E-state index in [0.717, 1.165) is 10.8 Å². The first-order valence-electron chi connectivity index (χ1n) is 6.79. The Kier molecular flexibility index (Phi) is 3.09. The molecule has 108 valence electrons. The smallest absolute Gasteiger partial charge is 0.344 e. The topological polar surface area (TPSA) is 59.7 Å². The van der Waals surface area contributed by atoms with Gasteiger partial charge in [0.1, 0.15) is 17.1 Å². The van der Waals surface area contributed by atoms with Gasteiger partial charge in [0.25, 0.3) is 0 Å². The van der Waals surface area contributed by atoms with Crippen molar-refractivity contribution in [3.05, 3.63) is 46.3 Å². The summed E-state index contributed by atoms with van der Waals surface area (Å²) in [6.07, 6.45) is 0. The average molecular weight is 284 g/mol. The van der Waals surface area contributed by atoms with Gasteiger partial charge in [0.15, 0.2) is 0 Å². The fraction of sp³-hybridized carbons (Fsp3) is 0.235. The minimum Gasteiger partial charge on any atom is -0.508 e. The minimum atomic E-state index is -0.427. The molecule has 1 heterocycles. The first-order valence-corrected chi connectivity index (χ1v) is 6.79. The highest BCUT2D eigenvalue weighted by Crippen LogP contribution is 2.35. The molecular weight excluding hydrogens is 268 g/mol. The monoisotopic (exact) mass is 284 g/mol. The minimum absolute atomic E-state index is 0.0487. The Morgan fingerprint density at radius 2 is 1.81 bits per heavy atom. The second-order valence-corrected chi connectivity index (χ2v) is 5.33. The number of aromatic hydroxyl groups is 1. The van der Waals surface area contributed by atoms with E-state index in [0.29, 0.717) is 22.3 Å². The van der Waals surface area contributed by atoms with Crippen LogP contribution in [0.5, 0.6) is 11.5 Å². The lowest BCUT2D eigenvalue weighted by Gasteiger charge is -2.12. The Morgan fingerprint density at radius 1 is 1.10 bits per heavy atom. The number of phenols is 1. The molecule has 0 amide bonds. The standard InChI is InChI=1S/C17H16O4/c1-9(2)15-14(18)7-6-12-11-5-4-10(20-3)8-13(11)17(19)21-16(12)15/h4-9,18H,1-3H3. The van der Waals surface area contributed by atoms with Crippen molar-refractivity contribution in [1.29, 1.82) is 0 Å². The fourth-order valence-corrected chi connectivity index (χ4v) is 2.67. The Bertz CT molecular complexity index is 891. The Hall–Kier alpha value is -2.49. The van der Waals surface area contributed by atoms with Crippen LogP contribution < -0.4 is 10.4 Å². The SMILES string of the molecule is COc1ccc2c(c1)c(=O)oc1c(C(C)C)c(O)ccc12. The molecule has 0 radical (unpaired) electrons. The van der Waals surface area contributed by atoms with Gasteiger partial charge in [-0.1, -0.05) is 13.8 Å². The highest BCUT2D eigenvalue weighted by molar-refractivity contribution is 6.06. The Morgan fingerprint density at radius 3 is 2.48 bits per heavy atom. The fourth-order valence-electron chi connectivity index (χ4n) is 2.67. The molecule has 1 N–H and O–H groups in total. The van der Waals surface area contributed by atoms with Gasteiger partial charge in [0.05, 0.1) is 12.5 Å². The maximum atomic E-state index is 12.2. The van der Waals surface area contributed by atoms with Crippen LogP contribution in [-0.2, 0) is 0 Å². The summed E-state index contributed by atoms with van der Waals surface area (Å²) in [4.78, 5) is 12.2. The summed E-state index contributed by atoms with van der Waals surface area (Å²) < 4.78 is 10.6. The zero-order valence-corrected chi connectivity index (χ0v) is 12.1. The average Bonchev–Trinajstić information content (AvgIpc) is 2.46. The molecule has 0 saturated heterocycles. The van der Waals surface area contributed by atoms with Crippen LogP contribution >= 0.6 is 0 Å². The van der Waals surface area contributed by atoms with Gasteiger partial charge >= 0.3 is 5.63 Å². The molecule has 3 rings (SSSR count). The maximum absolute atomic E-state index is 12.2. The van der Waals surface area contributed by atoms with Crippen LogP contribution in [-0.4, -0.2) is 12.2 Å². The summed E-state index contributed by atoms with van der Waals surface area (Å²) in [5.41, 5.74) is 0.680. The third-order valence-corrected chi connectivity index (χ3v) is 3.68. The molecule has 2 aromatic carbocycles. The molecule has 0 unspecified atom stereocenters. The van der Waals surface area contributed by atoms with Crippen LogP contribution in [0.1, 0.15) is 25.3 Å². The number of phenolic OH excluding ortho intramolecular Hbond substituents is 1. The van der Waals surface area contributed by atoms with Crippen LogP contribution in [0.3, 0.4) is 0 Å². The van der Waals surface area contributed by atoms with Gasteiger partial charge in [-0.15, -0.1) is 0 Å². The zero-order valence-electron chi connectivity index (χ0n) is 12.1. The summed E-state index contributed by atoms with van der Waals surface area (Å²) in [5.74, 6) is 0.804. The number of rotatable bonds is 2. The number of methoxy groups -OCH3 is 1. The molecule has 0 aliphatic carbocycles. The van der Waals surface area contributed by atoms with Crippen LogP contribution in [0.15, 0.2) is 39.5 Å². The van der Waals surface area contributed by atoms with E-state index in [1.165, 1.54) is 0 Å². The van der Waals surface area contributed by atoms with Crippen LogP contribution in [0.25, 0.3) is 21.7 Å². The van der Waals surface area contributed by atoms with E-state index in [1.807, 2.05) is 26.0 Å². The number of hydrogen-bond donors (Lipinski definition) is 1. The van der Waals surface area contributed by atoms with Gasteiger partial charge in [-0.2, -0.15) is 0 Å². The molecule has 0 bridgehead atoms. The quantitative estimate of drug-likeness (QED) is 0.574. The van der Waals surface area contributed by atoms with E-state index in [4.69, 9.17) is 9.15 Å². The number of ether oxygens (including phenoxy) is 1. The summed E-state index contributed by atoms with van der Waals surface area (Å²) in [6.45, 7) is 3.90. The summed E-state index contributed by atoms with van der Waals surface area (Å²) >= 11 is 0. The second kappa shape index (κ2) is 4.81. The van der Waals surface area contributed by atoms with Crippen molar-refractivity contribution < 1.29 is 14.3 Å². The molecule has 0 aliphatic heterocycles. The molecule has 3 aromatic rings. The van der Waals surface area contributed by atoms with Gasteiger partial charge < -0.3 is 14.3 Å². The number of fused-ring (bicyclic) bond motifs is 3. The molecule has 4 heteroatoms. The molecule has 0 spiro atoms. The lowest BCUT2D eigenvalue weighted by atomic mass is 9.97. The van der Waals surface area contributed by atoms with Crippen molar-refractivity contribution in [3.63, 3.8) is 0 Å². The van der Waals surface area contributed by atoms with Gasteiger partial charge in [-0.3, -0.25) is 0 Å². The van der Waals surface area contributed by atoms with Crippen LogP contribution in [0.4, 0.5) is 0 Å². The third kappa shape index (κ3) is 2.03. The first-order chi connectivity index (χ1) is 10.0. The largest absolute Gasteiger partial charge is 0.508 e. The lowest BCUT2D eigenvalue weighted by Crippen LogP contribution is -2.02. The molecule has 0 aliphatic rings. The van der Waals surface area contributed by atoms with Crippen molar-refractivity contribution in [1.82, 2.24) is 0 Å². The zero-order chi connectivity index (χ0) is 15.1. The maximum Gasteiger partial charge on any atom is 0.344 e. The Balaban J connectivity index is 2.51. The van der Waals surface area contributed by atoms with E-state index in [-0.39, 0.29) is 11.7 Å². The predicted molar refractivity (Wildman–Crippen MR) is 82.3 cm³/mol. The number of hydrogen-bond acceptors (Lipinski definition) is 4. The highest BCUT2D eigenvalue weighted by atomic mass is 16.5. The molecule has 0 saturated carbocycles. The van der Waals surface area contributed by atoms with Crippen LogP contribution in [0.2, 0.25) is 0 Å². The van der Waals surface area contributed by atoms with Crippen LogP contribution in [0, 0.1) is 0 Å². The van der Waals surface area contributed by atoms with Gasteiger partial charge in [0, 0.05) is 16.3 Å². The summed E-state index contributed by atoms with van der Waals surface area (Å²) in [5, 5.41) is 12.1. The van der Waals surface area contributed by atoms with Gasteiger partial charge in [-0.05, 0) is 36.2 Å². The van der Waals surface area contributed by atoms with E-state index in [2.05, 4.69) is 0 Å². The molecule has 1 aromatic heterocycles. The van der Waals surface area contributed by atoms with Crippen molar-refractivity contribution in [2.45, 2.75) is 19.8 Å².